The molecular weight excluding hydrogens is 343 g/mol. The molecule has 23 heavy (non-hydrogen) atoms. The van der Waals surface area contributed by atoms with Gasteiger partial charge in [0.25, 0.3) is 0 Å². The molecule has 0 atom stereocenters. The highest BCUT2D eigenvalue weighted by Gasteiger charge is 2.40. The Kier molecular flexibility index (Phi) is 6.55. The van der Waals surface area contributed by atoms with Crippen molar-refractivity contribution in [1.29, 1.82) is 0 Å². The van der Waals surface area contributed by atoms with Gasteiger partial charge in [-0.25, -0.2) is 4.39 Å². The van der Waals surface area contributed by atoms with Crippen LogP contribution in [-0.4, -0.2) is 28.8 Å². The van der Waals surface area contributed by atoms with Gasteiger partial charge in [-0.2, -0.15) is 8.78 Å². The first-order chi connectivity index (χ1) is 10.8. The summed E-state index contributed by atoms with van der Waals surface area (Å²) in [5, 5.41) is 22.3. The summed E-state index contributed by atoms with van der Waals surface area (Å²) in [7, 11) is 0. The molecule has 0 aliphatic carbocycles. The number of nitro benzene ring substituents is 2. The number of anilines is 1. The Morgan fingerprint density at radius 2 is 1.57 bits per heavy atom. The topological polar surface area (TPSA) is 89.5 Å². The van der Waals surface area contributed by atoms with E-state index in [0.717, 1.165) is 4.90 Å². The predicted molar refractivity (Wildman–Crippen MR) is 77.7 cm³/mol. The van der Waals surface area contributed by atoms with Gasteiger partial charge in [-0.3, -0.25) is 20.2 Å². The van der Waals surface area contributed by atoms with Gasteiger partial charge in [-0.15, -0.1) is 11.6 Å². The molecule has 1 aromatic rings. The van der Waals surface area contributed by atoms with E-state index in [1.807, 2.05) is 0 Å². The summed E-state index contributed by atoms with van der Waals surface area (Å²) in [4.78, 5) is 20.9. The van der Waals surface area contributed by atoms with Crippen LogP contribution in [0.3, 0.4) is 0 Å². The molecular formula is C12H13ClF3N3O4. The second-order valence-electron chi connectivity index (χ2n) is 4.48. The second kappa shape index (κ2) is 7.95. The molecule has 1 rings (SSSR count). The highest BCUT2D eigenvalue weighted by molar-refractivity contribution is 6.18. The summed E-state index contributed by atoms with van der Waals surface area (Å²) < 4.78 is 41.1. The summed E-state index contributed by atoms with van der Waals surface area (Å²) in [6.07, 6.45) is 0.388. The molecule has 0 spiro atoms. The summed E-state index contributed by atoms with van der Waals surface area (Å²) >= 11 is 5.55. The van der Waals surface area contributed by atoms with Crippen LogP contribution in [0.2, 0.25) is 0 Å². The number of hydrogen-bond acceptors (Lipinski definition) is 5. The maximum atomic E-state index is 14.1. The molecule has 0 saturated heterocycles. The standard InChI is InChI=1S/C12H13ClF3N3O4/c1-2-4-17(5-3-13)12-10(18(20)21)8(15)7(6-14)9(16)11(12)19(22)23/h2-6H2,1H3. The van der Waals surface area contributed by atoms with Gasteiger partial charge in [0, 0.05) is 19.0 Å². The van der Waals surface area contributed by atoms with Gasteiger partial charge >= 0.3 is 11.4 Å². The molecule has 0 aliphatic rings. The molecule has 11 heteroatoms. The van der Waals surface area contributed by atoms with Crippen molar-refractivity contribution in [2.24, 2.45) is 0 Å². The smallest absolute Gasteiger partial charge is 0.335 e. The van der Waals surface area contributed by atoms with Gasteiger partial charge in [-0.05, 0) is 6.42 Å². The molecule has 1 aromatic carbocycles. The van der Waals surface area contributed by atoms with Crippen molar-refractivity contribution in [1.82, 2.24) is 0 Å². The van der Waals surface area contributed by atoms with E-state index in [-0.39, 0.29) is 19.0 Å². The maximum absolute atomic E-state index is 14.1. The Bertz CT molecular complexity index is 583. The Morgan fingerprint density at radius 1 is 1.09 bits per heavy atom. The van der Waals surface area contributed by atoms with Crippen molar-refractivity contribution in [3.8, 4) is 0 Å². The first kappa shape index (κ1) is 18.9. The van der Waals surface area contributed by atoms with Crippen LogP contribution in [0.1, 0.15) is 18.9 Å². The summed E-state index contributed by atoms with van der Waals surface area (Å²) in [5.41, 5.74) is -4.84. The highest BCUT2D eigenvalue weighted by Crippen LogP contribution is 2.43. The van der Waals surface area contributed by atoms with E-state index in [4.69, 9.17) is 11.6 Å². The number of rotatable bonds is 8. The Morgan fingerprint density at radius 3 is 1.87 bits per heavy atom. The SMILES string of the molecule is CCCN(CCCl)c1c([N+](=O)[O-])c(F)c(CF)c(F)c1[N+](=O)[O-]. The highest BCUT2D eigenvalue weighted by atomic mass is 35.5. The molecule has 0 radical (unpaired) electrons. The lowest BCUT2D eigenvalue weighted by molar-refractivity contribution is -0.396. The Labute approximate surface area is 133 Å². The fourth-order valence-electron chi connectivity index (χ4n) is 2.16. The van der Waals surface area contributed by atoms with Crippen LogP contribution in [0.15, 0.2) is 0 Å². The molecule has 0 saturated carbocycles. The van der Waals surface area contributed by atoms with Crippen LogP contribution < -0.4 is 4.90 Å². The van der Waals surface area contributed by atoms with E-state index in [1.54, 1.807) is 6.92 Å². The Hall–Kier alpha value is -2.10. The first-order valence-corrected chi connectivity index (χ1v) is 7.04. The van der Waals surface area contributed by atoms with Gasteiger partial charge in [0.2, 0.25) is 17.3 Å². The van der Waals surface area contributed by atoms with E-state index in [0.29, 0.717) is 6.42 Å². The first-order valence-electron chi connectivity index (χ1n) is 6.51. The Balaban J connectivity index is 3.88. The molecule has 0 unspecified atom stereocenters. The third kappa shape index (κ3) is 3.63. The number of alkyl halides is 2. The molecule has 0 heterocycles. The minimum atomic E-state index is -1.76. The third-order valence-electron chi connectivity index (χ3n) is 3.06. The average Bonchev–Trinajstić information content (AvgIpc) is 2.45. The number of hydrogen-bond donors (Lipinski definition) is 0. The molecule has 0 aliphatic heterocycles. The summed E-state index contributed by atoms with van der Waals surface area (Å²) in [5.74, 6) is -3.60. The summed E-state index contributed by atoms with van der Waals surface area (Å²) in [6, 6.07) is 0. The van der Waals surface area contributed by atoms with E-state index in [1.165, 1.54) is 0 Å². The van der Waals surface area contributed by atoms with Gasteiger partial charge < -0.3 is 4.90 Å². The van der Waals surface area contributed by atoms with Crippen molar-refractivity contribution in [3.63, 3.8) is 0 Å². The third-order valence-corrected chi connectivity index (χ3v) is 3.23. The van der Waals surface area contributed by atoms with Crippen LogP contribution in [0.5, 0.6) is 0 Å². The van der Waals surface area contributed by atoms with Gasteiger partial charge in [-0.1, -0.05) is 6.92 Å². The zero-order valence-corrected chi connectivity index (χ0v) is 12.8. The lowest BCUT2D eigenvalue weighted by atomic mass is 10.1. The maximum Gasteiger partial charge on any atom is 0.335 e. The molecule has 0 aromatic heterocycles. The van der Waals surface area contributed by atoms with Crippen molar-refractivity contribution >= 4 is 28.7 Å². The number of nitrogens with zero attached hydrogens (tertiary/aromatic N) is 3. The number of halogens is 4. The number of benzene rings is 1. The van der Waals surface area contributed by atoms with Crippen molar-refractivity contribution < 1.29 is 23.0 Å². The zero-order chi connectivity index (χ0) is 17.7. The van der Waals surface area contributed by atoms with E-state index in [9.17, 15) is 33.4 Å². The quantitative estimate of drug-likeness (QED) is 0.403. The van der Waals surface area contributed by atoms with Crippen molar-refractivity contribution in [2.45, 2.75) is 20.0 Å². The van der Waals surface area contributed by atoms with Crippen molar-refractivity contribution in [2.75, 3.05) is 23.9 Å². The largest absolute Gasteiger partial charge is 0.359 e. The predicted octanol–water partition coefficient (Wildman–Crippen LogP) is 3.71. The van der Waals surface area contributed by atoms with Crippen LogP contribution in [0.25, 0.3) is 0 Å². The van der Waals surface area contributed by atoms with E-state index < -0.39 is 50.8 Å². The molecule has 0 bridgehead atoms. The summed E-state index contributed by atoms with van der Waals surface area (Å²) in [6.45, 7) is -0.141. The average molecular weight is 356 g/mol. The minimum Gasteiger partial charge on any atom is -0.359 e. The molecule has 128 valence electrons. The minimum absolute atomic E-state index is 0.0439. The normalized spacial score (nSPS) is 10.7. The monoisotopic (exact) mass is 355 g/mol. The fraction of sp³-hybridized carbons (Fsp3) is 0.500. The number of nitro groups is 2. The van der Waals surface area contributed by atoms with E-state index in [2.05, 4.69) is 0 Å². The second-order valence-corrected chi connectivity index (χ2v) is 4.85. The van der Waals surface area contributed by atoms with Crippen LogP contribution in [0, 0.1) is 31.9 Å². The molecule has 0 N–H and O–H groups in total. The van der Waals surface area contributed by atoms with Crippen molar-refractivity contribution in [3.05, 3.63) is 37.4 Å². The van der Waals surface area contributed by atoms with Gasteiger partial charge in [0.05, 0.1) is 15.4 Å². The van der Waals surface area contributed by atoms with E-state index >= 15 is 0 Å². The lowest BCUT2D eigenvalue weighted by Gasteiger charge is -2.23. The van der Waals surface area contributed by atoms with Gasteiger partial charge in [0.1, 0.15) is 6.67 Å². The molecule has 0 fully saturated rings. The molecule has 0 amide bonds. The zero-order valence-electron chi connectivity index (χ0n) is 12.0. The molecule has 7 nitrogen and oxygen atoms in total. The fourth-order valence-corrected chi connectivity index (χ4v) is 2.36. The lowest BCUT2D eigenvalue weighted by Crippen LogP contribution is -2.29. The van der Waals surface area contributed by atoms with Crippen LogP contribution >= 0.6 is 11.6 Å². The van der Waals surface area contributed by atoms with Crippen LogP contribution in [0.4, 0.5) is 30.2 Å². The van der Waals surface area contributed by atoms with Crippen LogP contribution in [-0.2, 0) is 6.67 Å². The van der Waals surface area contributed by atoms with Gasteiger partial charge in [0.15, 0.2) is 0 Å².